The van der Waals surface area contributed by atoms with E-state index in [2.05, 4.69) is 38.1 Å². The molecule has 0 bridgehead atoms. The number of hydrogen-bond donors (Lipinski definition) is 2. The number of rotatable bonds is 8. The van der Waals surface area contributed by atoms with Crippen LogP contribution in [0.25, 0.3) is 10.9 Å². The second kappa shape index (κ2) is 9.68. The van der Waals surface area contributed by atoms with Crippen molar-refractivity contribution >= 4 is 33.9 Å². The van der Waals surface area contributed by atoms with Gasteiger partial charge in [0.25, 0.3) is 0 Å². The molecule has 1 atom stereocenters. The molecule has 4 aromatic rings. The number of nitriles is 2. The molecule has 1 aliphatic rings. The van der Waals surface area contributed by atoms with Crippen molar-refractivity contribution in [2.45, 2.75) is 38.7 Å². The number of anilines is 2. The van der Waals surface area contributed by atoms with Crippen molar-refractivity contribution in [3.63, 3.8) is 0 Å². The maximum absolute atomic E-state index is 13.8. The van der Waals surface area contributed by atoms with Gasteiger partial charge in [0, 0.05) is 23.8 Å². The molecule has 1 aliphatic carbocycles. The Bertz CT molecular complexity index is 1600. The fourth-order valence-corrected chi connectivity index (χ4v) is 4.18. The molecule has 0 saturated heterocycles. The summed E-state index contributed by atoms with van der Waals surface area (Å²) in [5.41, 5.74) is 1.81. The fourth-order valence-electron chi connectivity index (χ4n) is 3.91. The van der Waals surface area contributed by atoms with Gasteiger partial charge in [-0.1, -0.05) is 28.9 Å². The van der Waals surface area contributed by atoms with Crippen LogP contribution in [0.4, 0.5) is 15.8 Å². The van der Waals surface area contributed by atoms with Crippen LogP contribution in [0.1, 0.15) is 56.9 Å². The van der Waals surface area contributed by atoms with Crippen LogP contribution in [0.5, 0.6) is 0 Å². The fraction of sp³-hybridized carbons (Fsp3) is 0.296. The quantitative estimate of drug-likeness (QED) is 0.296. The molecule has 2 aromatic heterocycles. The molecular formula is C27H24ClFN8. The minimum absolute atomic E-state index is 0.269. The van der Waals surface area contributed by atoms with E-state index in [4.69, 9.17) is 11.6 Å². The van der Waals surface area contributed by atoms with Gasteiger partial charge in [0.05, 0.1) is 52.9 Å². The van der Waals surface area contributed by atoms with Crippen molar-refractivity contribution < 1.29 is 5.76 Å². The van der Waals surface area contributed by atoms with Gasteiger partial charge < -0.3 is 10.6 Å². The number of pyridine rings is 1. The Kier molecular flexibility index (Phi) is 6.07. The number of hydrogen-bond acceptors (Lipinski definition) is 7. The van der Waals surface area contributed by atoms with E-state index in [0.717, 1.165) is 12.8 Å². The molecule has 0 spiro atoms. The largest absolute Gasteiger partial charge is 0.382 e. The highest BCUT2D eigenvalue weighted by Crippen LogP contribution is 2.37. The molecule has 37 heavy (non-hydrogen) atoms. The molecule has 0 aliphatic heterocycles. The molecule has 0 radical (unpaired) electrons. The van der Waals surface area contributed by atoms with E-state index in [1.165, 1.54) is 30.5 Å². The van der Waals surface area contributed by atoms with Crippen molar-refractivity contribution in [1.29, 1.82) is 10.5 Å². The number of halogens is 2. The van der Waals surface area contributed by atoms with Crippen molar-refractivity contribution in [1.82, 2.24) is 20.0 Å². The first-order chi connectivity index (χ1) is 18.1. The lowest BCUT2D eigenvalue weighted by molar-refractivity contribution is 0.529. The zero-order valence-electron chi connectivity index (χ0n) is 21.3. The Hall–Kier alpha value is -4.21. The topological polar surface area (TPSA) is 115 Å². The third kappa shape index (κ3) is 5.18. The molecule has 5 rings (SSSR count). The van der Waals surface area contributed by atoms with Crippen LogP contribution in [-0.2, 0) is 0 Å². The highest BCUT2D eigenvalue weighted by molar-refractivity contribution is 6.35. The van der Waals surface area contributed by atoms with Gasteiger partial charge in [0.1, 0.15) is 17.6 Å². The SMILES string of the molecule is [2H][C@](Nc1cc(Cl)c2ncc(C#N)c(NCC(C)(C)C#N)c2c1)(c1ccc(F)cc1)c1cn(C2CC2)nn1. The van der Waals surface area contributed by atoms with Gasteiger partial charge in [-0.3, -0.25) is 4.98 Å². The third-order valence-electron chi connectivity index (χ3n) is 6.14. The standard InChI is InChI=1S/C27H24ClFN8/c1-27(2,14-31)15-33-24-17(11-30)12-32-26-21(24)9-19(10-22(26)28)34-25(16-3-5-18(29)6-4-16)23-13-37(36-35-23)20-7-8-20/h3-6,9-10,12-13,20,25,34H,7-8,15H2,1-2H3,(H,32,33)/t25-/m0/s1/i25D. The van der Waals surface area contributed by atoms with Crippen molar-refractivity contribution in [3.05, 3.63) is 76.5 Å². The maximum Gasteiger partial charge on any atom is 0.123 e. The molecule has 8 nitrogen and oxygen atoms in total. The summed E-state index contributed by atoms with van der Waals surface area (Å²) in [5, 5.41) is 35.0. The lowest BCUT2D eigenvalue weighted by atomic mass is 9.95. The van der Waals surface area contributed by atoms with Crippen LogP contribution in [-0.4, -0.2) is 26.5 Å². The summed E-state index contributed by atoms with van der Waals surface area (Å²) in [6, 6.07) is 12.0. The van der Waals surface area contributed by atoms with Crippen LogP contribution >= 0.6 is 11.6 Å². The summed E-state index contributed by atoms with van der Waals surface area (Å²) in [5.74, 6) is -0.419. The number of benzene rings is 2. The number of nitrogens with zero attached hydrogens (tertiary/aromatic N) is 6. The second-order valence-corrected chi connectivity index (χ2v) is 10.1. The maximum atomic E-state index is 13.8. The predicted molar refractivity (Wildman–Crippen MR) is 140 cm³/mol. The van der Waals surface area contributed by atoms with Gasteiger partial charge in [-0.25, -0.2) is 9.07 Å². The van der Waals surface area contributed by atoms with Gasteiger partial charge in [-0.15, -0.1) is 5.10 Å². The molecule has 1 saturated carbocycles. The molecule has 1 fully saturated rings. The van der Waals surface area contributed by atoms with Crippen LogP contribution in [0.3, 0.4) is 0 Å². The van der Waals surface area contributed by atoms with E-state index in [9.17, 15) is 16.3 Å². The molecule has 2 N–H and O–H groups in total. The molecule has 10 heteroatoms. The summed E-state index contributed by atoms with van der Waals surface area (Å²) >= 11 is 6.63. The van der Waals surface area contributed by atoms with Crippen LogP contribution in [0.2, 0.25) is 5.02 Å². The highest BCUT2D eigenvalue weighted by atomic mass is 35.5. The van der Waals surface area contributed by atoms with Crippen LogP contribution in [0, 0.1) is 33.9 Å². The first kappa shape index (κ1) is 23.2. The Labute approximate surface area is 220 Å². The molecular weight excluding hydrogens is 491 g/mol. The molecule has 0 unspecified atom stereocenters. The van der Waals surface area contributed by atoms with E-state index < -0.39 is 17.3 Å². The van der Waals surface area contributed by atoms with Gasteiger partial charge in [0.15, 0.2) is 0 Å². The van der Waals surface area contributed by atoms with Gasteiger partial charge in [0.2, 0.25) is 0 Å². The van der Waals surface area contributed by atoms with Crippen molar-refractivity contribution in [2.24, 2.45) is 5.41 Å². The van der Waals surface area contributed by atoms with Crippen LogP contribution < -0.4 is 10.6 Å². The molecule has 2 heterocycles. The smallest absolute Gasteiger partial charge is 0.123 e. The predicted octanol–water partition coefficient (Wildman–Crippen LogP) is 5.99. The first-order valence-corrected chi connectivity index (χ1v) is 12.2. The third-order valence-corrected chi connectivity index (χ3v) is 6.43. The summed E-state index contributed by atoms with van der Waals surface area (Å²) < 4.78 is 25.0. The lowest BCUT2D eigenvalue weighted by Crippen LogP contribution is -2.21. The average Bonchev–Trinajstić information content (AvgIpc) is 3.63. The van der Waals surface area contributed by atoms with E-state index in [1.807, 2.05) is 0 Å². The monoisotopic (exact) mass is 515 g/mol. The van der Waals surface area contributed by atoms with Gasteiger partial charge in [-0.05, 0) is 56.5 Å². The number of nitrogens with one attached hydrogen (secondary N) is 2. The Balaban J connectivity index is 1.61. The zero-order chi connectivity index (χ0) is 27.1. The number of fused-ring (bicyclic) bond motifs is 1. The lowest BCUT2D eigenvalue weighted by Gasteiger charge is -2.21. The van der Waals surface area contributed by atoms with E-state index in [0.29, 0.717) is 44.1 Å². The minimum atomic E-state index is -1.63. The molecule has 0 amide bonds. The molecule has 2 aromatic carbocycles. The van der Waals surface area contributed by atoms with Crippen molar-refractivity contribution in [3.8, 4) is 12.1 Å². The van der Waals surface area contributed by atoms with Gasteiger partial charge >= 0.3 is 0 Å². The zero-order valence-corrected chi connectivity index (χ0v) is 21.0. The van der Waals surface area contributed by atoms with E-state index in [-0.39, 0.29) is 12.6 Å². The van der Waals surface area contributed by atoms with E-state index >= 15 is 0 Å². The van der Waals surface area contributed by atoms with Crippen LogP contribution in [0.15, 0.2) is 48.8 Å². The minimum Gasteiger partial charge on any atom is -0.382 e. The van der Waals surface area contributed by atoms with Gasteiger partial charge in [-0.2, -0.15) is 10.5 Å². The summed E-state index contributed by atoms with van der Waals surface area (Å²) in [7, 11) is 0. The average molecular weight is 516 g/mol. The highest BCUT2D eigenvalue weighted by Gasteiger charge is 2.27. The summed E-state index contributed by atoms with van der Waals surface area (Å²) in [6.07, 6.45) is 5.18. The second-order valence-electron chi connectivity index (χ2n) is 9.68. The number of aromatic nitrogens is 4. The Morgan fingerprint density at radius 2 is 2.03 bits per heavy atom. The first-order valence-electron chi connectivity index (χ1n) is 12.3. The van der Waals surface area contributed by atoms with E-state index in [1.54, 1.807) is 36.9 Å². The molecule has 186 valence electrons. The van der Waals surface area contributed by atoms with Crippen molar-refractivity contribution in [2.75, 3.05) is 17.2 Å². The summed E-state index contributed by atoms with van der Waals surface area (Å²) in [6.45, 7) is 3.87. The normalized spacial score (nSPS) is 15.4. The Morgan fingerprint density at radius 3 is 2.70 bits per heavy atom. The summed E-state index contributed by atoms with van der Waals surface area (Å²) in [4.78, 5) is 4.37. The Morgan fingerprint density at radius 1 is 1.27 bits per heavy atom.